The van der Waals surface area contributed by atoms with Crippen LogP contribution in [0.1, 0.15) is 0 Å². The Morgan fingerprint density at radius 1 is 0.882 bits per heavy atom. The highest BCUT2D eigenvalue weighted by Crippen LogP contribution is 2.31. The standard InChI is InChI=1S/C15H14N2/c1-16-15-13(12-6-3-2-4-7-12)9-11-17-10-5-8-14(15)17/h2-11,16H,1H3. The molecular formula is C15H14N2. The minimum absolute atomic E-state index is 1.17. The number of anilines is 1. The lowest BCUT2D eigenvalue weighted by Crippen LogP contribution is -1.95. The molecule has 0 aliphatic carbocycles. The second-order valence-corrected chi connectivity index (χ2v) is 4.02. The zero-order valence-electron chi connectivity index (χ0n) is 9.72. The van der Waals surface area contributed by atoms with E-state index in [0.29, 0.717) is 0 Å². The number of hydrogen-bond donors (Lipinski definition) is 1. The van der Waals surface area contributed by atoms with Gasteiger partial charge in [0.15, 0.2) is 0 Å². The molecule has 0 amide bonds. The van der Waals surface area contributed by atoms with Crippen LogP contribution in [0.25, 0.3) is 16.6 Å². The van der Waals surface area contributed by atoms with Crippen LogP contribution in [0.2, 0.25) is 0 Å². The average molecular weight is 222 g/mol. The molecule has 2 heterocycles. The van der Waals surface area contributed by atoms with Gasteiger partial charge in [-0.15, -0.1) is 0 Å². The van der Waals surface area contributed by atoms with Crippen LogP contribution >= 0.6 is 0 Å². The van der Waals surface area contributed by atoms with Crippen LogP contribution in [0.15, 0.2) is 60.9 Å². The molecule has 0 saturated carbocycles. The van der Waals surface area contributed by atoms with Gasteiger partial charge in [0.05, 0.1) is 11.2 Å². The van der Waals surface area contributed by atoms with Gasteiger partial charge in [0, 0.05) is 25.0 Å². The fraction of sp³-hybridized carbons (Fsp3) is 0.0667. The van der Waals surface area contributed by atoms with E-state index in [-0.39, 0.29) is 0 Å². The second-order valence-electron chi connectivity index (χ2n) is 4.02. The van der Waals surface area contributed by atoms with Gasteiger partial charge in [-0.3, -0.25) is 0 Å². The highest BCUT2D eigenvalue weighted by molar-refractivity contribution is 5.88. The van der Waals surface area contributed by atoms with Crippen LogP contribution in [0.5, 0.6) is 0 Å². The van der Waals surface area contributed by atoms with Crippen molar-refractivity contribution < 1.29 is 0 Å². The maximum Gasteiger partial charge on any atom is 0.0689 e. The second kappa shape index (κ2) is 3.98. The topological polar surface area (TPSA) is 16.4 Å². The quantitative estimate of drug-likeness (QED) is 0.700. The molecule has 0 bridgehead atoms. The first-order chi connectivity index (χ1) is 8.40. The summed E-state index contributed by atoms with van der Waals surface area (Å²) in [5.41, 5.74) is 4.84. The summed E-state index contributed by atoms with van der Waals surface area (Å²) < 4.78 is 2.12. The molecule has 0 radical (unpaired) electrons. The summed E-state index contributed by atoms with van der Waals surface area (Å²) in [6.07, 6.45) is 4.16. The Balaban J connectivity index is 2.29. The van der Waals surface area contributed by atoms with Gasteiger partial charge in [0.1, 0.15) is 0 Å². The molecule has 1 N–H and O–H groups in total. The van der Waals surface area contributed by atoms with Crippen LogP contribution in [-0.4, -0.2) is 11.4 Å². The van der Waals surface area contributed by atoms with E-state index < -0.39 is 0 Å². The molecule has 3 rings (SSSR count). The predicted octanol–water partition coefficient (Wildman–Crippen LogP) is 3.65. The molecule has 84 valence electrons. The fourth-order valence-electron chi connectivity index (χ4n) is 2.23. The number of rotatable bonds is 2. The minimum Gasteiger partial charge on any atom is -0.386 e. The molecule has 2 aromatic heterocycles. The van der Waals surface area contributed by atoms with Crippen molar-refractivity contribution in [3.8, 4) is 11.1 Å². The van der Waals surface area contributed by atoms with Crippen molar-refractivity contribution in [3.63, 3.8) is 0 Å². The monoisotopic (exact) mass is 222 g/mol. The van der Waals surface area contributed by atoms with E-state index in [0.717, 1.165) is 0 Å². The first kappa shape index (κ1) is 9.97. The number of aromatic nitrogens is 1. The zero-order chi connectivity index (χ0) is 11.7. The van der Waals surface area contributed by atoms with Crippen molar-refractivity contribution in [1.29, 1.82) is 0 Å². The maximum absolute atomic E-state index is 3.30. The van der Waals surface area contributed by atoms with Gasteiger partial charge in [-0.05, 0) is 23.8 Å². The summed E-state index contributed by atoms with van der Waals surface area (Å²) in [4.78, 5) is 0. The molecule has 0 aliphatic rings. The van der Waals surface area contributed by atoms with Crippen LogP contribution in [0.4, 0.5) is 5.69 Å². The van der Waals surface area contributed by atoms with E-state index >= 15 is 0 Å². The molecule has 17 heavy (non-hydrogen) atoms. The summed E-state index contributed by atoms with van der Waals surface area (Å²) in [5.74, 6) is 0. The van der Waals surface area contributed by atoms with E-state index in [9.17, 15) is 0 Å². The molecule has 0 fully saturated rings. The van der Waals surface area contributed by atoms with Crippen LogP contribution in [-0.2, 0) is 0 Å². The fourth-order valence-corrected chi connectivity index (χ4v) is 2.23. The number of fused-ring (bicyclic) bond motifs is 1. The van der Waals surface area contributed by atoms with Crippen molar-refractivity contribution in [2.75, 3.05) is 12.4 Å². The molecule has 1 aromatic carbocycles. The van der Waals surface area contributed by atoms with Crippen LogP contribution < -0.4 is 5.32 Å². The lowest BCUT2D eigenvalue weighted by atomic mass is 10.0. The van der Waals surface area contributed by atoms with Crippen LogP contribution in [0, 0.1) is 0 Å². The summed E-state index contributed by atoms with van der Waals surface area (Å²) in [6.45, 7) is 0. The molecule has 3 aromatic rings. The first-order valence-electron chi connectivity index (χ1n) is 5.73. The van der Waals surface area contributed by atoms with E-state index in [4.69, 9.17) is 0 Å². The van der Waals surface area contributed by atoms with Gasteiger partial charge in [0.2, 0.25) is 0 Å². The van der Waals surface area contributed by atoms with Crippen molar-refractivity contribution in [3.05, 3.63) is 60.9 Å². The normalized spacial score (nSPS) is 10.6. The predicted molar refractivity (Wildman–Crippen MR) is 72.4 cm³/mol. The largest absolute Gasteiger partial charge is 0.386 e. The van der Waals surface area contributed by atoms with Crippen molar-refractivity contribution in [1.82, 2.24) is 4.40 Å². The molecule has 0 spiro atoms. The highest BCUT2D eigenvalue weighted by Gasteiger charge is 2.07. The number of nitrogens with zero attached hydrogens (tertiary/aromatic N) is 1. The average Bonchev–Trinajstić information content (AvgIpc) is 2.86. The van der Waals surface area contributed by atoms with E-state index in [1.54, 1.807) is 0 Å². The zero-order valence-corrected chi connectivity index (χ0v) is 9.72. The SMILES string of the molecule is CNc1c(-c2ccccc2)ccn2cccc12. The highest BCUT2D eigenvalue weighted by atomic mass is 14.9. The number of pyridine rings is 1. The van der Waals surface area contributed by atoms with E-state index in [2.05, 4.69) is 64.6 Å². The van der Waals surface area contributed by atoms with Crippen LogP contribution in [0.3, 0.4) is 0 Å². The molecule has 0 saturated heterocycles. The Hall–Kier alpha value is -2.22. The van der Waals surface area contributed by atoms with Gasteiger partial charge >= 0.3 is 0 Å². The Morgan fingerprint density at radius 3 is 2.47 bits per heavy atom. The Bertz CT molecular complexity index is 638. The third-order valence-corrected chi connectivity index (χ3v) is 3.04. The lowest BCUT2D eigenvalue weighted by Gasteiger charge is -2.11. The third-order valence-electron chi connectivity index (χ3n) is 3.04. The summed E-state index contributed by atoms with van der Waals surface area (Å²) in [5, 5.41) is 3.30. The smallest absolute Gasteiger partial charge is 0.0689 e. The Kier molecular flexibility index (Phi) is 2.33. The van der Waals surface area contributed by atoms with Gasteiger partial charge in [0.25, 0.3) is 0 Å². The number of hydrogen-bond acceptors (Lipinski definition) is 1. The van der Waals surface area contributed by atoms with Crippen molar-refractivity contribution in [2.45, 2.75) is 0 Å². The Morgan fingerprint density at radius 2 is 1.71 bits per heavy atom. The summed E-state index contributed by atoms with van der Waals surface area (Å²) in [6, 6.07) is 16.8. The summed E-state index contributed by atoms with van der Waals surface area (Å²) >= 11 is 0. The molecule has 0 aliphatic heterocycles. The minimum atomic E-state index is 1.17. The van der Waals surface area contributed by atoms with Gasteiger partial charge in [-0.2, -0.15) is 0 Å². The van der Waals surface area contributed by atoms with Crippen molar-refractivity contribution in [2.24, 2.45) is 0 Å². The molecule has 2 heteroatoms. The first-order valence-corrected chi connectivity index (χ1v) is 5.73. The lowest BCUT2D eigenvalue weighted by molar-refractivity contribution is 1.20. The van der Waals surface area contributed by atoms with E-state index in [1.165, 1.54) is 22.3 Å². The van der Waals surface area contributed by atoms with Gasteiger partial charge in [-0.25, -0.2) is 0 Å². The van der Waals surface area contributed by atoms with Gasteiger partial charge < -0.3 is 9.72 Å². The molecule has 2 nitrogen and oxygen atoms in total. The van der Waals surface area contributed by atoms with Gasteiger partial charge in [-0.1, -0.05) is 30.3 Å². The van der Waals surface area contributed by atoms with Crippen molar-refractivity contribution >= 4 is 11.2 Å². The molecule has 0 unspecified atom stereocenters. The Labute approximate surface area is 101 Å². The third kappa shape index (κ3) is 1.58. The van der Waals surface area contributed by atoms with E-state index in [1.807, 2.05) is 13.1 Å². The molecule has 0 atom stereocenters. The number of benzene rings is 1. The summed E-state index contributed by atoms with van der Waals surface area (Å²) in [7, 11) is 1.97. The maximum atomic E-state index is 3.30. The number of nitrogens with one attached hydrogen (secondary N) is 1. The molecular weight excluding hydrogens is 208 g/mol.